The second-order valence-corrected chi connectivity index (χ2v) is 5.90. The first-order chi connectivity index (χ1) is 11.2. The molecule has 24 heavy (non-hydrogen) atoms. The fourth-order valence-corrected chi connectivity index (χ4v) is 2.73. The van der Waals surface area contributed by atoms with Gasteiger partial charge in [-0.05, 0) is 18.2 Å². The van der Waals surface area contributed by atoms with E-state index in [0.29, 0.717) is 30.4 Å². The molecule has 9 heteroatoms. The van der Waals surface area contributed by atoms with Gasteiger partial charge in [0.05, 0.1) is 7.11 Å². The Bertz CT molecular complexity index is 589. The Hall–Kier alpha value is -1.54. The topological polar surface area (TPSA) is 32.8 Å². The van der Waals surface area contributed by atoms with Gasteiger partial charge in [0.15, 0.2) is 0 Å². The van der Waals surface area contributed by atoms with E-state index in [1.807, 2.05) is 4.90 Å². The van der Waals surface area contributed by atoms with Gasteiger partial charge in [0, 0.05) is 43.3 Å². The summed E-state index contributed by atoms with van der Waals surface area (Å²) in [5, 5.41) is 0.546. The monoisotopic (exact) mass is 368 g/mol. The van der Waals surface area contributed by atoms with Crippen LogP contribution in [-0.4, -0.2) is 61.3 Å². The summed E-state index contributed by atoms with van der Waals surface area (Å²) in [5.74, 6) is -0.874. The van der Waals surface area contributed by atoms with Gasteiger partial charge in [-0.15, -0.1) is 0 Å². The number of hydrogen-bond acceptors (Lipinski definition) is 3. The minimum atomic E-state index is -5.16. The summed E-state index contributed by atoms with van der Waals surface area (Å²) in [6.45, 7) is 1.23. The van der Waals surface area contributed by atoms with Gasteiger partial charge in [0.2, 0.25) is 0 Å². The predicted molar refractivity (Wildman–Crippen MR) is 80.8 cm³/mol. The van der Waals surface area contributed by atoms with Crippen LogP contribution in [0.3, 0.4) is 0 Å². The molecular formula is C15H17ClF4N2O2. The van der Waals surface area contributed by atoms with Crippen molar-refractivity contribution in [3.63, 3.8) is 0 Å². The Balaban J connectivity index is 1.94. The average molecular weight is 369 g/mol. The summed E-state index contributed by atoms with van der Waals surface area (Å²) >= 11 is 5.96. The van der Waals surface area contributed by atoms with E-state index in [2.05, 4.69) is 0 Å². The van der Waals surface area contributed by atoms with Crippen LogP contribution in [0.25, 0.3) is 0 Å². The summed E-state index contributed by atoms with van der Waals surface area (Å²) in [4.78, 5) is 14.4. The van der Waals surface area contributed by atoms with Crippen LogP contribution in [0.5, 0.6) is 5.75 Å². The molecule has 0 bridgehead atoms. The molecule has 0 spiro atoms. The molecule has 1 aliphatic heterocycles. The molecule has 1 unspecified atom stereocenters. The van der Waals surface area contributed by atoms with Crippen molar-refractivity contribution in [2.75, 3.05) is 33.3 Å². The van der Waals surface area contributed by atoms with Gasteiger partial charge in [-0.25, -0.2) is 4.39 Å². The fourth-order valence-electron chi connectivity index (χ4n) is 2.54. The highest BCUT2D eigenvalue weighted by atomic mass is 35.5. The predicted octanol–water partition coefficient (Wildman–Crippen LogP) is 2.89. The van der Waals surface area contributed by atoms with Gasteiger partial charge in [-0.2, -0.15) is 13.2 Å². The van der Waals surface area contributed by atoms with E-state index < -0.39 is 18.3 Å². The van der Waals surface area contributed by atoms with Crippen LogP contribution in [0.1, 0.15) is 5.56 Å². The van der Waals surface area contributed by atoms with Crippen LogP contribution in [0, 0.1) is 0 Å². The minimum absolute atomic E-state index is 0.0399. The molecule has 0 radical (unpaired) electrons. The van der Waals surface area contributed by atoms with E-state index in [-0.39, 0.29) is 13.1 Å². The Kier molecular flexibility index (Phi) is 5.92. The van der Waals surface area contributed by atoms with Crippen molar-refractivity contribution in [1.29, 1.82) is 0 Å². The number of ether oxygens (including phenoxy) is 1. The molecule has 1 fully saturated rings. The number of rotatable bonds is 4. The molecular weight excluding hydrogens is 352 g/mol. The van der Waals surface area contributed by atoms with Crippen molar-refractivity contribution in [1.82, 2.24) is 9.80 Å². The first-order valence-corrected chi connectivity index (χ1v) is 7.64. The molecule has 0 aliphatic carbocycles. The van der Waals surface area contributed by atoms with Gasteiger partial charge < -0.3 is 9.64 Å². The number of hydrogen-bond donors (Lipinski definition) is 0. The quantitative estimate of drug-likeness (QED) is 0.766. The summed E-state index contributed by atoms with van der Waals surface area (Å²) in [5.41, 5.74) is 0.837. The highest BCUT2D eigenvalue weighted by molar-refractivity contribution is 6.30. The maximum absolute atomic E-state index is 13.1. The van der Waals surface area contributed by atoms with Crippen molar-refractivity contribution >= 4 is 17.5 Å². The van der Waals surface area contributed by atoms with Crippen molar-refractivity contribution in [3.8, 4) is 5.75 Å². The molecule has 134 valence electrons. The van der Waals surface area contributed by atoms with E-state index in [4.69, 9.17) is 16.3 Å². The van der Waals surface area contributed by atoms with Gasteiger partial charge >= 0.3 is 6.18 Å². The highest BCUT2D eigenvalue weighted by Gasteiger charge is 2.47. The second-order valence-electron chi connectivity index (χ2n) is 5.46. The average Bonchev–Trinajstić information content (AvgIpc) is 2.53. The van der Waals surface area contributed by atoms with Gasteiger partial charge in [-0.1, -0.05) is 11.6 Å². The summed E-state index contributed by atoms with van der Waals surface area (Å²) in [7, 11) is 1.53. The molecule has 1 aromatic carbocycles. The molecule has 1 aliphatic rings. The molecule has 1 atom stereocenters. The maximum Gasteiger partial charge on any atom is 0.428 e. The largest absolute Gasteiger partial charge is 0.496 e. The van der Waals surface area contributed by atoms with Crippen LogP contribution in [0.2, 0.25) is 5.02 Å². The summed E-state index contributed by atoms with van der Waals surface area (Å²) in [6.07, 6.45) is -8.63. The lowest BCUT2D eigenvalue weighted by Gasteiger charge is -2.35. The molecule has 0 aromatic heterocycles. The highest BCUT2D eigenvalue weighted by Crippen LogP contribution is 2.26. The Morgan fingerprint density at radius 3 is 2.46 bits per heavy atom. The van der Waals surface area contributed by atoms with Crippen molar-refractivity contribution in [3.05, 3.63) is 28.8 Å². The Labute approximate surface area is 141 Å². The Morgan fingerprint density at radius 1 is 1.29 bits per heavy atom. The summed E-state index contributed by atoms with van der Waals surface area (Å²) < 4.78 is 55.2. The molecule has 2 rings (SSSR count). The molecule has 0 N–H and O–H groups in total. The number of carbonyl (C=O) groups is 1. The molecule has 1 aromatic rings. The number of methoxy groups -OCH3 is 1. The lowest BCUT2D eigenvalue weighted by molar-refractivity contribution is -0.193. The third-order valence-corrected chi connectivity index (χ3v) is 4.06. The SMILES string of the molecule is COc1ccc(Cl)cc1CN1CCN(C(=O)C(F)C(F)(F)F)CC1. The number of piperazine rings is 1. The number of amides is 1. The van der Waals surface area contributed by atoms with E-state index in [1.54, 1.807) is 18.2 Å². The lowest BCUT2D eigenvalue weighted by Crippen LogP contribution is -2.52. The zero-order valence-corrected chi connectivity index (χ0v) is 13.7. The number of nitrogens with zero attached hydrogens (tertiary/aromatic N) is 2. The smallest absolute Gasteiger partial charge is 0.428 e. The number of halogens is 5. The standard InChI is InChI=1S/C15H17ClF4N2O2/c1-24-12-3-2-11(16)8-10(12)9-21-4-6-22(7-5-21)14(23)13(17)15(18,19)20/h2-3,8,13H,4-7,9H2,1H3. The molecule has 1 heterocycles. The van der Waals surface area contributed by atoms with Crippen molar-refractivity contribution in [2.45, 2.75) is 18.9 Å². The van der Waals surface area contributed by atoms with Gasteiger partial charge in [0.25, 0.3) is 12.1 Å². The van der Waals surface area contributed by atoms with Gasteiger partial charge in [0.1, 0.15) is 5.75 Å². The third kappa shape index (κ3) is 4.51. The van der Waals surface area contributed by atoms with Crippen LogP contribution in [0.15, 0.2) is 18.2 Å². The first kappa shape index (κ1) is 18.8. The minimum Gasteiger partial charge on any atom is -0.496 e. The van der Waals surface area contributed by atoms with Crippen molar-refractivity contribution in [2.24, 2.45) is 0 Å². The van der Waals surface area contributed by atoms with E-state index in [9.17, 15) is 22.4 Å². The zero-order valence-electron chi connectivity index (χ0n) is 12.9. The Morgan fingerprint density at radius 2 is 1.92 bits per heavy atom. The maximum atomic E-state index is 13.1. The second kappa shape index (κ2) is 7.57. The van der Waals surface area contributed by atoms with E-state index in [1.165, 1.54) is 7.11 Å². The van der Waals surface area contributed by atoms with E-state index in [0.717, 1.165) is 10.5 Å². The summed E-state index contributed by atoms with van der Waals surface area (Å²) in [6, 6.07) is 5.17. The molecule has 1 saturated heterocycles. The van der Waals surface area contributed by atoms with Crippen LogP contribution < -0.4 is 4.74 Å². The number of alkyl halides is 4. The van der Waals surface area contributed by atoms with Crippen molar-refractivity contribution < 1.29 is 27.1 Å². The first-order valence-electron chi connectivity index (χ1n) is 7.26. The number of carbonyl (C=O) groups excluding carboxylic acids is 1. The molecule has 1 amide bonds. The normalized spacial score (nSPS) is 17.7. The number of benzene rings is 1. The van der Waals surface area contributed by atoms with Crippen LogP contribution in [-0.2, 0) is 11.3 Å². The van der Waals surface area contributed by atoms with Crippen LogP contribution >= 0.6 is 11.6 Å². The lowest BCUT2D eigenvalue weighted by atomic mass is 10.1. The molecule has 4 nitrogen and oxygen atoms in total. The fraction of sp³-hybridized carbons (Fsp3) is 0.533. The van der Waals surface area contributed by atoms with Crippen LogP contribution in [0.4, 0.5) is 17.6 Å². The van der Waals surface area contributed by atoms with E-state index >= 15 is 0 Å². The molecule has 0 saturated carbocycles. The van der Waals surface area contributed by atoms with Gasteiger partial charge in [-0.3, -0.25) is 9.69 Å². The third-order valence-electron chi connectivity index (χ3n) is 3.82. The zero-order chi connectivity index (χ0) is 17.9.